The van der Waals surface area contributed by atoms with Gasteiger partial charge in [0.2, 0.25) is 5.72 Å². The van der Waals surface area contributed by atoms with Crippen LogP contribution in [0.4, 0.5) is 18.9 Å². The number of Topliss-reactive ketones (excluding diaryl/α,β-unsaturated/α-hetero) is 1. The number of rotatable bonds is 4. The molecule has 1 fully saturated rings. The minimum atomic E-state index is -5.25. The van der Waals surface area contributed by atoms with Crippen LogP contribution in [0.3, 0.4) is 0 Å². The summed E-state index contributed by atoms with van der Waals surface area (Å²) < 4.78 is 41.4. The summed E-state index contributed by atoms with van der Waals surface area (Å²) in [7, 11) is 0. The molecule has 7 nitrogen and oxygen atoms in total. The number of benzene rings is 1. The second kappa shape index (κ2) is 7.11. The number of nitrogens with zero attached hydrogens (tertiary/aromatic N) is 1. The lowest BCUT2D eigenvalue weighted by Crippen LogP contribution is -2.72. The highest BCUT2D eigenvalue weighted by Crippen LogP contribution is 2.44. The maximum absolute atomic E-state index is 13.8. The van der Waals surface area contributed by atoms with E-state index in [1.807, 2.05) is 0 Å². The minimum Gasteiger partial charge on any atom is -0.363 e. The van der Waals surface area contributed by atoms with E-state index in [1.165, 1.54) is 29.6 Å². The standard InChI is InChI=1S/C16H12F3N3O4S2/c17-16(18,19)15(24)11(13(23)10-5-2-6-28-10)12(20-14(27)21-15)8-3-1-4-9(7-8)22(25)26/h1-7,11-12,24H,(H2,20,21,27)/t11-,12-,15+/m0/s1. The van der Waals surface area contributed by atoms with E-state index in [2.05, 4.69) is 5.32 Å². The molecular weight excluding hydrogens is 419 g/mol. The van der Waals surface area contributed by atoms with Crippen molar-refractivity contribution in [3.63, 3.8) is 0 Å². The maximum Gasteiger partial charge on any atom is 0.437 e. The predicted octanol–water partition coefficient (Wildman–Crippen LogP) is 2.93. The summed E-state index contributed by atoms with van der Waals surface area (Å²) in [6, 6.07) is 6.17. The average molecular weight is 431 g/mol. The summed E-state index contributed by atoms with van der Waals surface area (Å²) in [5.74, 6) is -3.06. The number of carbonyl (C=O) groups is 1. The number of hydrogen-bond donors (Lipinski definition) is 3. The number of nitro benzene ring substituents is 1. The van der Waals surface area contributed by atoms with Gasteiger partial charge in [0.05, 0.1) is 15.8 Å². The summed E-state index contributed by atoms with van der Waals surface area (Å²) >= 11 is 5.72. The summed E-state index contributed by atoms with van der Waals surface area (Å²) in [6.07, 6.45) is -5.25. The number of non-ortho nitro benzene ring substituents is 1. The van der Waals surface area contributed by atoms with Gasteiger partial charge in [-0.2, -0.15) is 13.2 Å². The number of hydrogen-bond acceptors (Lipinski definition) is 6. The number of alkyl halides is 3. The fourth-order valence-corrected chi connectivity index (χ4v) is 4.01. The van der Waals surface area contributed by atoms with E-state index in [9.17, 15) is 33.2 Å². The van der Waals surface area contributed by atoms with Gasteiger partial charge in [0.15, 0.2) is 10.9 Å². The van der Waals surface area contributed by atoms with E-state index < -0.39 is 39.7 Å². The highest BCUT2D eigenvalue weighted by molar-refractivity contribution is 7.80. The Hall–Kier alpha value is -2.57. The molecule has 0 spiro atoms. The van der Waals surface area contributed by atoms with Gasteiger partial charge >= 0.3 is 6.18 Å². The van der Waals surface area contributed by atoms with E-state index in [0.29, 0.717) is 0 Å². The molecule has 0 bridgehead atoms. The molecule has 3 N–H and O–H groups in total. The van der Waals surface area contributed by atoms with Gasteiger partial charge in [0.25, 0.3) is 5.69 Å². The summed E-state index contributed by atoms with van der Waals surface area (Å²) in [5.41, 5.74) is -4.02. The van der Waals surface area contributed by atoms with Gasteiger partial charge in [-0.1, -0.05) is 18.2 Å². The van der Waals surface area contributed by atoms with E-state index in [4.69, 9.17) is 12.2 Å². The SMILES string of the molecule is O=C(c1cccs1)[C@@H]1[C@H](c2cccc([N+](=O)[O-])c2)NC(=S)N[C@]1(O)C(F)(F)F. The first-order valence-corrected chi connectivity index (χ1v) is 9.03. The summed E-state index contributed by atoms with van der Waals surface area (Å²) in [5, 5.41) is 26.8. The molecule has 1 aliphatic rings. The molecule has 3 atom stereocenters. The van der Waals surface area contributed by atoms with Crippen LogP contribution >= 0.6 is 23.6 Å². The van der Waals surface area contributed by atoms with Crippen molar-refractivity contribution in [2.24, 2.45) is 5.92 Å². The normalized spacial score (nSPS) is 24.9. The third-order valence-corrected chi connectivity index (χ3v) is 5.40. The van der Waals surface area contributed by atoms with Crippen molar-refractivity contribution < 1.29 is 28.0 Å². The van der Waals surface area contributed by atoms with Crippen molar-refractivity contribution in [2.45, 2.75) is 17.9 Å². The molecule has 0 radical (unpaired) electrons. The van der Waals surface area contributed by atoms with E-state index in [1.54, 1.807) is 5.32 Å². The Kier molecular flexibility index (Phi) is 5.12. The first-order valence-electron chi connectivity index (χ1n) is 7.74. The Bertz CT molecular complexity index is 935. The van der Waals surface area contributed by atoms with Crippen LogP contribution in [-0.4, -0.2) is 32.8 Å². The molecule has 1 aliphatic heterocycles. The maximum atomic E-state index is 13.8. The number of aliphatic hydroxyl groups is 1. The molecule has 1 aromatic carbocycles. The van der Waals surface area contributed by atoms with Crippen molar-refractivity contribution in [1.82, 2.24) is 10.6 Å². The zero-order valence-corrected chi connectivity index (χ0v) is 15.4. The smallest absolute Gasteiger partial charge is 0.363 e. The second-order valence-electron chi connectivity index (χ2n) is 6.01. The monoisotopic (exact) mass is 431 g/mol. The predicted molar refractivity (Wildman–Crippen MR) is 97.9 cm³/mol. The number of nitrogens with one attached hydrogen (secondary N) is 2. The molecule has 0 saturated carbocycles. The topological polar surface area (TPSA) is 104 Å². The number of thiocarbonyl (C=S) groups is 1. The van der Waals surface area contributed by atoms with E-state index in [-0.39, 0.29) is 16.1 Å². The van der Waals surface area contributed by atoms with Crippen LogP contribution in [0.25, 0.3) is 0 Å². The van der Waals surface area contributed by atoms with Crippen LogP contribution in [0.15, 0.2) is 41.8 Å². The van der Waals surface area contributed by atoms with Gasteiger partial charge in [0, 0.05) is 12.1 Å². The van der Waals surface area contributed by atoms with Gasteiger partial charge < -0.3 is 15.7 Å². The zero-order valence-electron chi connectivity index (χ0n) is 13.8. The highest BCUT2D eigenvalue weighted by Gasteiger charge is 2.65. The zero-order chi connectivity index (χ0) is 20.7. The molecule has 0 unspecified atom stereocenters. The molecule has 0 amide bonds. The molecular formula is C16H12F3N3O4S2. The van der Waals surface area contributed by atoms with Crippen LogP contribution in [0, 0.1) is 16.0 Å². The quantitative estimate of drug-likeness (QED) is 0.296. The third-order valence-electron chi connectivity index (χ3n) is 4.29. The third kappa shape index (κ3) is 3.45. The van der Waals surface area contributed by atoms with Gasteiger partial charge in [-0.25, -0.2) is 0 Å². The number of nitro groups is 1. The van der Waals surface area contributed by atoms with Gasteiger partial charge in [-0.15, -0.1) is 11.3 Å². The van der Waals surface area contributed by atoms with Crippen molar-refractivity contribution in [3.05, 3.63) is 62.3 Å². The fraction of sp³-hybridized carbons (Fsp3) is 0.250. The molecule has 1 aromatic heterocycles. The average Bonchev–Trinajstić information content (AvgIpc) is 3.14. The number of thiophene rings is 1. The molecule has 0 aliphatic carbocycles. The number of ketones is 1. The molecule has 2 heterocycles. The van der Waals surface area contributed by atoms with E-state index >= 15 is 0 Å². The largest absolute Gasteiger partial charge is 0.437 e. The van der Waals surface area contributed by atoms with Gasteiger partial charge in [0.1, 0.15) is 5.92 Å². The summed E-state index contributed by atoms with van der Waals surface area (Å²) in [4.78, 5) is 23.3. The first kappa shape index (κ1) is 20.2. The van der Waals surface area contributed by atoms with Crippen LogP contribution in [0.2, 0.25) is 0 Å². The van der Waals surface area contributed by atoms with Gasteiger partial charge in [-0.05, 0) is 29.2 Å². The van der Waals surface area contributed by atoms with Crippen molar-refractivity contribution in [3.8, 4) is 0 Å². The lowest BCUT2D eigenvalue weighted by molar-refractivity contribution is -0.385. The fourth-order valence-electron chi connectivity index (χ4n) is 3.02. The Morgan fingerprint density at radius 3 is 2.61 bits per heavy atom. The molecule has 3 rings (SSSR count). The van der Waals surface area contributed by atoms with Gasteiger partial charge in [-0.3, -0.25) is 14.9 Å². The van der Waals surface area contributed by atoms with Crippen LogP contribution in [0.5, 0.6) is 0 Å². The molecule has 148 valence electrons. The lowest BCUT2D eigenvalue weighted by Gasteiger charge is -2.46. The number of carbonyl (C=O) groups excluding carboxylic acids is 1. The van der Waals surface area contributed by atoms with Crippen LogP contribution in [0.1, 0.15) is 21.3 Å². The molecule has 1 saturated heterocycles. The Labute approximate surface area is 165 Å². The Morgan fingerprint density at radius 1 is 1.32 bits per heavy atom. The highest BCUT2D eigenvalue weighted by atomic mass is 32.1. The Morgan fingerprint density at radius 2 is 2.04 bits per heavy atom. The van der Waals surface area contributed by atoms with Crippen LogP contribution < -0.4 is 10.6 Å². The molecule has 12 heteroatoms. The molecule has 28 heavy (non-hydrogen) atoms. The van der Waals surface area contributed by atoms with Crippen molar-refractivity contribution in [2.75, 3.05) is 0 Å². The van der Waals surface area contributed by atoms with Crippen LogP contribution in [-0.2, 0) is 0 Å². The Balaban J connectivity index is 2.17. The van der Waals surface area contributed by atoms with Crippen molar-refractivity contribution >= 4 is 40.1 Å². The second-order valence-corrected chi connectivity index (χ2v) is 7.37. The minimum absolute atomic E-state index is 0.000441. The van der Waals surface area contributed by atoms with Crippen molar-refractivity contribution in [1.29, 1.82) is 0 Å². The van der Waals surface area contributed by atoms with E-state index in [0.717, 1.165) is 23.5 Å². The summed E-state index contributed by atoms with van der Waals surface area (Å²) in [6.45, 7) is 0. The molecule has 2 aromatic rings. The first-order chi connectivity index (χ1) is 13.0. The number of halogens is 3. The lowest BCUT2D eigenvalue weighted by atomic mass is 9.78.